The van der Waals surface area contributed by atoms with E-state index in [2.05, 4.69) is 9.97 Å². The Morgan fingerprint density at radius 2 is 2.00 bits per heavy atom. The van der Waals surface area contributed by atoms with Crippen LogP contribution in [0.4, 0.5) is 5.82 Å². The SMILES string of the molecule is Cc1c(N)nc(C2CC2)nc1Oc1cccc(Cl)c1Cl. The zero-order valence-corrected chi connectivity index (χ0v) is 12.4. The molecule has 3 rings (SSSR count). The number of hydrogen-bond acceptors (Lipinski definition) is 4. The number of benzene rings is 1. The van der Waals surface area contributed by atoms with Crippen LogP contribution in [0.1, 0.15) is 30.1 Å². The Labute approximate surface area is 126 Å². The number of anilines is 1. The summed E-state index contributed by atoms with van der Waals surface area (Å²) in [6.45, 7) is 1.82. The zero-order chi connectivity index (χ0) is 14.3. The van der Waals surface area contributed by atoms with Crippen LogP contribution in [0.3, 0.4) is 0 Å². The third-order valence-corrected chi connectivity index (χ3v) is 4.02. The molecule has 0 spiro atoms. The largest absolute Gasteiger partial charge is 0.437 e. The van der Waals surface area contributed by atoms with E-state index in [1.165, 1.54) is 0 Å². The molecule has 1 aliphatic carbocycles. The van der Waals surface area contributed by atoms with Crippen molar-refractivity contribution in [3.63, 3.8) is 0 Å². The van der Waals surface area contributed by atoms with Crippen molar-refractivity contribution in [1.82, 2.24) is 9.97 Å². The number of aromatic nitrogens is 2. The molecule has 0 atom stereocenters. The van der Waals surface area contributed by atoms with Crippen molar-refractivity contribution in [2.45, 2.75) is 25.7 Å². The maximum Gasteiger partial charge on any atom is 0.227 e. The van der Waals surface area contributed by atoms with E-state index in [4.69, 9.17) is 33.7 Å². The Morgan fingerprint density at radius 3 is 2.70 bits per heavy atom. The van der Waals surface area contributed by atoms with Gasteiger partial charge in [0.2, 0.25) is 5.88 Å². The van der Waals surface area contributed by atoms with Crippen molar-refractivity contribution in [1.29, 1.82) is 0 Å². The summed E-state index contributed by atoms with van der Waals surface area (Å²) in [6.07, 6.45) is 2.19. The predicted molar refractivity (Wildman–Crippen MR) is 79.7 cm³/mol. The first-order valence-corrected chi connectivity index (χ1v) is 7.07. The van der Waals surface area contributed by atoms with Gasteiger partial charge in [0.15, 0.2) is 0 Å². The van der Waals surface area contributed by atoms with Crippen LogP contribution in [0.25, 0.3) is 0 Å². The second-order valence-electron chi connectivity index (χ2n) is 4.83. The highest BCUT2D eigenvalue weighted by molar-refractivity contribution is 6.42. The topological polar surface area (TPSA) is 61.0 Å². The van der Waals surface area contributed by atoms with Gasteiger partial charge in [-0.15, -0.1) is 0 Å². The van der Waals surface area contributed by atoms with Gasteiger partial charge in [0.25, 0.3) is 0 Å². The summed E-state index contributed by atoms with van der Waals surface area (Å²) in [4.78, 5) is 8.75. The lowest BCUT2D eigenvalue weighted by molar-refractivity contribution is 0.455. The van der Waals surface area contributed by atoms with Crippen molar-refractivity contribution >= 4 is 29.0 Å². The van der Waals surface area contributed by atoms with Crippen LogP contribution >= 0.6 is 23.2 Å². The summed E-state index contributed by atoms with van der Waals surface area (Å²) in [7, 11) is 0. The molecule has 2 N–H and O–H groups in total. The average Bonchev–Trinajstić information content (AvgIpc) is 3.24. The van der Waals surface area contributed by atoms with E-state index < -0.39 is 0 Å². The minimum absolute atomic E-state index is 0.360. The number of hydrogen-bond donors (Lipinski definition) is 1. The number of rotatable bonds is 3. The van der Waals surface area contributed by atoms with E-state index >= 15 is 0 Å². The molecule has 0 bridgehead atoms. The second-order valence-corrected chi connectivity index (χ2v) is 5.61. The molecule has 104 valence electrons. The Balaban J connectivity index is 1.99. The second kappa shape index (κ2) is 5.11. The van der Waals surface area contributed by atoms with Gasteiger partial charge in [0.1, 0.15) is 22.4 Å². The van der Waals surface area contributed by atoms with E-state index in [1.54, 1.807) is 18.2 Å². The third kappa shape index (κ3) is 2.53. The van der Waals surface area contributed by atoms with Gasteiger partial charge >= 0.3 is 0 Å². The van der Waals surface area contributed by atoms with Gasteiger partial charge < -0.3 is 10.5 Å². The van der Waals surface area contributed by atoms with Crippen molar-refractivity contribution in [2.75, 3.05) is 5.73 Å². The van der Waals surface area contributed by atoms with E-state index in [0.29, 0.717) is 39.0 Å². The fourth-order valence-electron chi connectivity index (χ4n) is 1.82. The molecule has 0 radical (unpaired) electrons. The summed E-state index contributed by atoms with van der Waals surface area (Å²) in [6, 6.07) is 5.21. The Kier molecular flexibility index (Phi) is 3.44. The maximum absolute atomic E-state index is 6.12. The lowest BCUT2D eigenvalue weighted by atomic mass is 10.3. The Hall–Kier alpha value is -1.52. The summed E-state index contributed by atoms with van der Waals surface area (Å²) in [5.41, 5.74) is 6.62. The van der Waals surface area contributed by atoms with Crippen LogP contribution in [0.2, 0.25) is 10.0 Å². The van der Waals surface area contributed by atoms with Gasteiger partial charge in [-0.2, -0.15) is 4.98 Å². The summed E-state index contributed by atoms with van der Waals surface area (Å²) < 4.78 is 5.77. The highest BCUT2D eigenvalue weighted by Gasteiger charge is 2.28. The van der Waals surface area contributed by atoms with E-state index in [0.717, 1.165) is 18.7 Å². The first kappa shape index (κ1) is 13.5. The molecule has 4 nitrogen and oxygen atoms in total. The lowest BCUT2D eigenvalue weighted by Crippen LogP contribution is -2.04. The van der Waals surface area contributed by atoms with E-state index in [1.807, 2.05) is 6.92 Å². The van der Waals surface area contributed by atoms with Crippen LogP contribution in [-0.4, -0.2) is 9.97 Å². The van der Waals surface area contributed by atoms with Gasteiger partial charge in [-0.1, -0.05) is 29.3 Å². The van der Waals surface area contributed by atoms with Crippen LogP contribution in [0.15, 0.2) is 18.2 Å². The predicted octanol–water partition coefficient (Wildman–Crippen LogP) is 4.34. The van der Waals surface area contributed by atoms with Crippen molar-refractivity contribution in [3.8, 4) is 11.6 Å². The maximum atomic E-state index is 6.12. The third-order valence-electron chi connectivity index (χ3n) is 3.22. The quantitative estimate of drug-likeness (QED) is 0.916. The molecular formula is C14H13Cl2N3O. The Morgan fingerprint density at radius 1 is 1.25 bits per heavy atom. The van der Waals surface area contributed by atoms with Crippen molar-refractivity contribution in [3.05, 3.63) is 39.6 Å². The average molecular weight is 310 g/mol. The van der Waals surface area contributed by atoms with Crippen LogP contribution < -0.4 is 10.5 Å². The number of halogens is 2. The highest BCUT2D eigenvalue weighted by Crippen LogP contribution is 2.41. The van der Waals surface area contributed by atoms with Crippen LogP contribution in [0, 0.1) is 6.92 Å². The molecular weight excluding hydrogens is 297 g/mol. The molecule has 1 aromatic heterocycles. The molecule has 0 saturated heterocycles. The molecule has 0 unspecified atom stereocenters. The van der Waals surface area contributed by atoms with Crippen LogP contribution in [-0.2, 0) is 0 Å². The Bertz CT molecular complexity index is 672. The van der Waals surface area contributed by atoms with Gasteiger partial charge in [-0.3, -0.25) is 0 Å². The van der Waals surface area contributed by atoms with Gasteiger partial charge in [-0.05, 0) is 31.9 Å². The number of nitrogens with zero attached hydrogens (tertiary/aromatic N) is 2. The molecule has 1 aliphatic rings. The highest BCUT2D eigenvalue weighted by atomic mass is 35.5. The van der Waals surface area contributed by atoms with Gasteiger partial charge in [-0.25, -0.2) is 4.98 Å². The molecule has 1 saturated carbocycles. The number of nitrogens with two attached hydrogens (primary N) is 1. The standard InChI is InChI=1S/C14H13Cl2N3O/c1-7-12(17)18-13(8-5-6-8)19-14(7)20-10-4-2-3-9(15)11(10)16/h2-4,8H,5-6H2,1H3,(H2,17,18,19). The molecule has 1 heterocycles. The lowest BCUT2D eigenvalue weighted by Gasteiger charge is -2.12. The molecule has 1 aromatic carbocycles. The van der Waals surface area contributed by atoms with Crippen molar-refractivity contribution < 1.29 is 4.74 Å². The molecule has 0 aliphatic heterocycles. The summed E-state index contributed by atoms with van der Waals surface area (Å²) >= 11 is 12.1. The molecule has 0 amide bonds. The fraction of sp³-hybridized carbons (Fsp3) is 0.286. The summed E-state index contributed by atoms with van der Waals surface area (Å²) in [5.74, 6) is 2.47. The molecule has 6 heteroatoms. The molecule has 2 aromatic rings. The van der Waals surface area contributed by atoms with Crippen LogP contribution in [0.5, 0.6) is 11.6 Å². The van der Waals surface area contributed by atoms with E-state index in [9.17, 15) is 0 Å². The monoisotopic (exact) mass is 309 g/mol. The smallest absolute Gasteiger partial charge is 0.227 e. The number of nitrogen functional groups attached to an aromatic ring is 1. The van der Waals surface area contributed by atoms with Gasteiger partial charge in [0.05, 0.1) is 10.6 Å². The van der Waals surface area contributed by atoms with Gasteiger partial charge in [0, 0.05) is 5.92 Å². The minimum Gasteiger partial charge on any atom is -0.437 e. The number of ether oxygens (including phenoxy) is 1. The minimum atomic E-state index is 0.360. The fourth-order valence-corrected chi connectivity index (χ4v) is 2.15. The molecule has 1 fully saturated rings. The first-order valence-electron chi connectivity index (χ1n) is 6.32. The first-order chi connectivity index (χ1) is 9.56. The summed E-state index contributed by atoms with van der Waals surface area (Å²) in [5, 5.41) is 0.796. The molecule has 20 heavy (non-hydrogen) atoms. The van der Waals surface area contributed by atoms with E-state index in [-0.39, 0.29) is 0 Å². The van der Waals surface area contributed by atoms with Crippen molar-refractivity contribution in [2.24, 2.45) is 0 Å². The normalized spacial score (nSPS) is 14.3. The zero-order valence-electron chi connectivity index (χ0n) is 10.9.